The highest BCUT2D eigenvalue weighted by molar-refractivity contribution is 6.34. The number of fused-ring (bicyclic) bond motifs is 1. The Balaban J connectivity index is 2.11. The van der Waals surface area contributed by atoms with E-state index < -0.39 is 5.97 Å². The quantitative estimate of drug-likeness (QED) is 0.668. The lowest BCUT2D eigenvalue weighted by Crippen LogP contribution is -2.03. The third-order valence-electron chi connectivity index (χ3n) is 3.35. The fourth-order valence-electron chi connectivity index (χ4n) is 2.26. The molecule has 122 valence electrons. The van der Waals surface area contributed by atoms with Crippen LogP contribution < -0.4 is 10.1 Å². The number of carboxylic acid groups (broad SMARTS) is 1. The molecule has 6 nitrogen and oxygen atoms in total. The maximum Gasteiger partial charge on any atom is 0.339 e. The molecule has 3 aromatic rings. The number of halogens is 2. The Kier molecular flexibility index (Phi) is 4.42. The number of anilines is 2. The number of ether oxygens (including phenoxy) is 1. The average Bonchev–Trinajstić information content (AvgIpc) is 2.56. The third-order valence-corrected chi connectivity index (χ3v) is 3.83. The Hall–Kier alpha value is -2.57. The van der Waals surface area contributed by atoms with Crippen LogP contribution in [0.2, 0.25) is 10.3 Å². The van der Waals surface area contributed by atoms with Crippen molar-refractivity contribution in [3.63, 3.8) is 0 Å². The summed E-state index contributed by atoms with van der Waals surface area (Å²) in [6.45, 7) is 0. The number of aromatic carboxylic acids is 1. The van der Waals surface area contributed by atoms with Crippen LogP contribution in [-0.4, -0.2) is 28.2 Å². The predicted molar refractivity (Wildman–Crippen MR) is 92.8 cm³/mol. The molecular weight excluding hydrogens is 353 g/mol. The molecule has 0 spiro atoms. The van der Waals surface area contributed by atoms with Gasteiger partial charge in [-0.1, -0.05) is 23.7 Å². The highest BCUT2D eigenvalue weighted by Crippen LogP contribution is 2.34. The Bertz CT molecular complexity index is 947. The molecule has 0 unspecified atom stereocenters. The molecule has 0 bridgehead atoms. The maximum atomic E-state index is 11.2. The van der Waals surface area contributed by atoms with Gasteiger partial charge in [-0.3, -0.25) is 0 Å². The highest BCUT2D eigenvalue weighted by atomic mass is 35.5. The molecule has 24 heavy (non-hydrogen) atoms. The SMILES string of the molecule is COc1cc(Nc2nc(Cl)nc3ccccc23)c(Cl)cc1C(=O)O. The predicted octanol–water partition coefficient (Wildman–Crippen LogP) is 4.39. The summed E-state index contributed by atoms with van der Waals surface area (Å²) in [5.74, 6) is -0.493. The molecule has 0 aliphatic carbocycles. The van der Waals surface area contributed by atoms with Gasteiger partial charge >= 0.3 is 5.97 Å². The summed E-state index contributed by atoms with van der Waals surface area (Å²) in [6.07, 6.45) is 0. The van der Waals surface area contributed by atoms with Crippen molar-refractivity contribution < 1.29 is 14.6 Å². The van der Waals surface area contributed by atoms with Gasteiger partial charge in [0, 0.05) is 11.5 Å². The Morgan fingerprint density at radius 3 is 2.67 bits per heavy atom. The molecule has 1 aromatic heterocycles. The van der Waals surface area contributed by atoms with Crippen molar-refractivity contribution in [3.8, 4) is 5.75 Å². The minimum Gasteiger partial charge on any atom is -0.496 e. The van der Waals surface area contributed by atoms with E-state index in [1.54, 1.807) is 0 Å². The van der Waals surface area contributed by atoms with Crippen molar-refractivity contribution in [2.45, 2.75) is 0 Å². The number of hydrogen-bond acceptors (Lipinski definition) is 5. The normalized spacial score (nSPS) is 10.6. The lowest BCUT2D eigenvalue weighted by atomic mass is 10.1. The Morgan fingerprint density at radius 1 is 1.21 bits per heavy atom. The van der Waals surface area contributed by atoms with Crippen molar-refractivity contribution in [1.29, 1.82) is 0 Å². The number of hydrogen-bond donors (Lipinski definition) is 2. The molecule has 0 fully saturated rings. The lowest BCUT2D eigenvalue weighted by molar-refractivity contribution is 0.0693. The van der Waals surface area contributed by atoms with Gasteiger partial charge in [0.05, 0.1) is 23.3 Å². The molecule has 0 atom stereocenters. The van der Waals surface area contributed by atoms with Crippen LogP contribution in [0.1, 0.15) is 10.4 Å². The second kappa shape index (κ2) is 6.51. The average molecular weight is 364 g/mol. The Labute approximate surface area is 147 Å². The fraction of sp³-hybridized carbons (Fsp3) is 0.0625. The zero-order valence-electron chi connectivity index (χ0n) is 12.4. The summed E-state index contributed by atoms with van der Waals surface area (Å²) in [5.41, 5.74) is 1.09. The second-order valence-corrected chi connectivity index (χ2v) is 5.57. The largest absolute Gasteiger partial charge is 0.496 e. The lowest BCUT2D eigenvalue weighted by Gasteiger charge is -2.13. The topological polar surface area (TPSA) is 84.3 Å². The van der Waals surface area contributed by atoms with Gasteiger partial charge in [0.1, 0.15) is 17.1 Å². The molecule has 0 amide bonds. The van der Waals surface area contributed by atoms with Gasteiger partial charge in [-0.2, -0.15) is 4.98 Å². The van der Waals surface area contributed by atoms with Crippen LogP contribution in [0, 0.1) is 0 Å². The Morgan fingerprint density at radius 2 is 1.96 bits per heavy atom. The molecule has 0 aliphatic rings. The number of carboxylic acids is 1. The van der Waals surface area contributed by atoms with E-state index in [-0.39, 0.29) is 21.6 Å². The molecule has 0 saturated carbocycles. The summed E-state index contributed by atoms with van der Waals surface area (Å²) in [4.78, 5) is 19.6. The first kappa shape index (κ1) is 16.3. The van der Waals surface area contributed by atoms with Crippen LogP contribution in [0.25, 0.3) is 10.9 Å². The minimum absolute atomic E-state index is 0.0290. The summed E-state index contributed by atoms with van der Waals surface area (Å²) >= 11 is 12.1. The highest BCUT2D eigenvalue weighted by Gasteiger charge is 2.16. The minimum atomic E-state index is -1.13. The number of nitrogens with one attached hydrogen (secondary N) is 1. The molecule has 1 heterocycles. The van der Waals surface area contributed by atoms with Gasteiger partial charge in [-0.15, -0.1) is 0 Å². The van der Waals surface area contributed by atoms with E-state index in [4.69, 9.17) is 27.9 Å². The van der Waals surface area contributed by atoms with E-state index in [0.717, 1.165) is 5.39 Å². The molecular formula is C16H11Cl2N3O3. The number of carbonyl (C=O) groups is 1. The molecule has 2 N–H and O–H groups in total. The van der Waals surface area contributed by atoms with Crippen LogP contribution in [0.3, 0.4) is 0 Å². The van der Waals surface area contributed by atoms with Crippen LogP contribution in [0.15, 0.2) is 36.4 Å². The van der Waals surface area contributed by atoms with Crippen LogP contribution in [0.5, 0.6) is 5.75 Å². The number of nitrogens with zero attached hydrogens (tertiary/aromatic N) is 2. The first-order valence-corrected chi connectivity index (χ1v) is 7.55. The van der Waals surface area contributed by atoms with Gasteiger partial charge in [0.15, 0.2) is 0 Å². The summed E-state index contributed by atoms with van der Waals surface area (Å²) in [5, 5.41) is 13.3. The standard InChI is InChI=1S/C16H11Cl2N3O3/c1-24-13-7-12(10(17)6-9(13)15(22)23)19-14-8-4-2-3-5-11(8)20-16(18)21-14/h2-7H,1H3,(H,22,23)(H,19,20,21). The van der Waals surface area contributed by atoms with E-state index in [2.05, 4.69) is 15.3 Å². The summed E-state index contributed by atoms with van der Waals surface area (Å²) in [6, 6.07) is 10.1. The summed E-state index contributed by atoms with van der Waals surface area (Å²) < 4.78 is 5.11. The van der Waals surface area contributed by atoms with Crippen LogP contribution in [0.4, 0.5) is 11.5 Å². The van der Waals surface area contributed by atoms with E-state index in [9.17, 15) is 9.90 Å². The molecule has 2 aromatic carbocycles. The third kappa shape index (κ3) is 3.06. The number of aromatic nitrogens is 2. The number of benzene rings is 2. The van der Waals surface area contributed by atoms with Crippen LogP contribution in [-0.2, 0) is 0 Å². The zero-order chi connectivity index (χ0) is 17.3. The van der Waals surface area contributed by atoms with Gasteiger partial charge < -0.3 is 15.2 Å². The zero-order valence-corrected chi connectivity index (χ0v) is 13.9. The van der Waals surface area contributed by atoms with Crippen LogP contribution >= 0.6 is 23.2 Å². The van der Waals surface area contributed by atoms with Gasteiger partial charge in [0.25, 0.3) is 0 Å². The molecule has 0 aliphatic heterocycles. The van der Waals surface area contributed by atoms with Crippen molar-refractivity contribution >= 4 is 51.6 Å². The first-order chi connectivity index (χ1) is 11.5. The van der Waals surface area contributed by atoms with E-state index in [0.29, 0.717) is 17.0 Å². The fourth-order valence-corrected chi connectivity index (χ4v) is 2.64. The molecule has 0 saturated heterocycles. The van der Waals surface area contributed by atoms with Crippen molar-refractivity contribution in [2.24, 2.45) is 0 Å². The van der Waals surface area contributed by atoms with Gasteiger partial charge in [-0.25, -0.2) is 9.78 Å². The molecule has 3 rings (SSSR count). The van der Waals surface area contributed by atoms with Gasteiger partial charge in [0.2, 0.25) is 5.28 Å². The van der Waals surface area contributed by atoms with Crippen molar-refractivity contribution in [2.75, 3.05) is 12.4 Å². The monoisotopic (exact) mass is 363 g/mol. The first-order valence-electron chi connectivity index (χ1n) is 6.79. The smallest absolute Gasteiger partial charge is 0.339 e. The second-order valence-electron chi connectivity index (χ2n) is 4.82. The molecule has 0 radical (unpaired) electrons. The van der Waals surface area contributed by atoms with E-state index in [1.807, 2.05) is 24.3 Å². The van der Waals surface area contributed by atoms with Crippen molar-refractivity contribution in [1.82, 2.24) is 9.97 Å². The maximum absolute atomic E-state index is 11.2. The molecule has 8 heteroatoms. The van der Waals surface area contributed by atoms with Crippen molar-refractivity contribution in [3.05, 3.63) is 52.3 Å². The number of rotatable bonds is 4. The van der Waals surface area contributed by atoms with E-state index in [1.165, 1.54) is 19.2 Å². The number of para-hydroxylation sites is 1. The summed E-state index contributed by atoms with van der Waals surface area (Å²) in [7, 11) is 1.39. The van der Waals surface area contributed by atoms with E-state index >= 15 is 0 Å². The van der Waals surface area contributed by atoms with Gasteiger partial charge in [-0.05, 0) is 29.8 Å². The number of methoxy groups -OCH3 is 1.